The van der Waals surface area contributed by atoms with E-state index >= 15 is 0 Å². The maximum atomic E-state index is 12.1. The number of carbonyl (C=O) groups excluding carboxylic acids is 1. The Kier molecular flexibility index (Phi) is 4.97. The monoisotopic (exact) mass is 312 g/mol. The molecule has 116 valence electrons. The third-order valence-electron chi connectivity index (χ3n) is 3.55. The maximum Gasteiger partial charge on any atom is 0.251 e. The fourth-order valence-corrected chi connectivity index (χ4v) is 2.98. The van der Waals surface area contributed by atoms with Crippen molar-refractivity contribution in [1.82, 2.24) is 5.32 Å². The summed E-state index contributed by atoms with van der Waals surface area (Å²) in [6, 6.07) is 4.23. The standard InChI is InChI=1S/C14H20N2O4S/c1-10-9-12(21(15,18)19)4-5-13(10)14(17)16-7-6-11-3-2-8-20-11/h4-5,9,11H,2-3,6-8H2,1H3,(H,16,17)(H2,15,18,19). The molecule has 1 heterocycles. The summed E-state index contributed by atoms with van der Waals surface area (Å²) >= 11 is 0. The number of nitrogens with one attached hydrogen (secondary N) is 1. The summed E-state index contributed by atoms with van der Waals surface area (Å²) in [7, 11) is -3.74. The van der Waals surface area contributed by atoms with Gasteiger partial charge in [-0.15, -0.1) is 0 Å². The van der Waals surface area contributed by atoms with Crippen LogP contribution in [-0.4, -0.2) is 33.6 Å². The predicted octanol–water partition coefficient (Wildman–Crippen LogP) is 0.941. The minimum Gasteiger partial charge on any atom is -0.378 e. The van der Waals surface area contributed by atoms with Crippen molar-refractivity contribution >= 4 is 15.9 Å². The van der Waals surface area contributed by atoms with Gasteiger partial charge in [-0.1, -0.05) is 0 Å². The molecular weight excluding hydrogens is 292 g/mol. The highest BCUT2D eigenvalue weighted by atomic mass is 32.2. The molecule has 7 heteroatoms. The van der Waals surface area contributed by atoms with Crippen molar-refractivity contribution in [2.45, 2.75) is 37.2 Å². The van der Waals surface area contributed by atoms with Gasteiger partial charge < -0.3 is 10.1 Å². The first-order valence-corrected chi connectivity index (χ1v) is 8.46. The summed E-state index contributed by atoms with van der Waals surface area (Å²) in [5.41, 5.74) is 1.03. The van der Waals surface area contributed by atoms with E-state index in [1.165, 1.54) is 18.2 Å². The van der Waals surface area contributed by atoms with Gasteiger partial charge in [-0.3, -0.25) is 4.79 Å². The van der Waals surface area contributed by atoms with Crippen molar-refractivity contribution in [3.05, 3.63) is 29.3 Å². The number of rotatable bonds is 5. The Balaban J connectivity index is 1.95. The van der Waals surface area contributed by atoms with Gasteiger partial charge in [0.05, 0.1) is 11.0 Å². The molecule has 1 aliphatic rings. The zero-order chi connectivity index (χ0) is 15.5. The minimum atomic E-state index is -3.74. The lowest BCUT2D eigenvalue weighted by Gasteiger charge is -2.11. The molecule has 3 N–H and O–H groups in total. The summed E-state index contributed by atoms with van der Waals surface area (Å²) < 4.78 is 28.0. The van der Waals surface area contributed by atoms with Gasteiger partial charge in [0.15, 0.2) is 0 Å². The Hall–Kier alpha value is -1.44. The molecule has 0 aliphatic carbocycles. The molecule has 0 aromatic heterocycles. The second kappa shape index (κ2) is 6.55. The number of primary sulfonamides is 1. The molecule has 0 saturated carbocycles. The number of hydrogen-bond donors (Lipinski definition) is 2. The molecular formula is C14H20N2O4S. The highest BCUT2D eigenvalue weighted by molar-refractivity contribution is 7.89. The first-order valence-electron chi connectivity index (χ1n) is 6.91. The average molecular weight is 312 g/mol. The van der Waals surface area contributed by atoms with Crippen LogP contribution < -0.4 is 10.5 Å². The van der Waals surface area contributed by atoms with E-state index in [1.807, 2.05) is 0 Å². The molecule has 1 aromatic carbocycles. The molecule has 1 fully saturated rings. The molecule has 0 radical (unpaired) electrons. The number of aryl methyl sites for hydroxylation is 1. The largest absolute Gasteiger partial charge is 0.378 e. The van der Waals surface area contributed by atoms with Crippen molar-refractivity contribution in [2.75, 3.05) is 13.2 Å². The number of benzene rings is 1. The Morgan fingerprint density at radius 3 is 2.81 bits per heavy atom. The van der Waals surface area contributed by atoms with Crippen molar-refractivity contribution < 1.29 is 17.9 Å². The van der Waals surface area contributed by atoms with E-state index in [9.17, 15) is 13.2 Å². The smallest absolute Gasteiger partial charge is 0.251 e. The van der Waals surface area contributed by atoms with E-state index in [2.05, 4.69) is 5.32 Å². The van der Waals surface area contributed by atoms with Crippen LogP contribution in [0.4, 0.5) is 0 Å². The Bertz CT molecular complexity index is 622. The highest BCUT2D eigenvalue weighted by Crippen LogP contribution is 2.16. The molecule has 1 aliphatic heterocycles. The van der Waals surface area contributed by atoms with Gasteiger partial charge in [-0.25, -0.2) is 13.6 Å². The third-order valence-corrected chi connectivity index (χ3v) is 4.46. The van der Waals surface area contributed by atoms with E-state index in [0.717, 1.165) is 25.9 Å². The van der Waals surface area contributed by atoms with Gasteiger partial charge in [-0.2, -0.15) is 0 Å². The second-order valence-electron chi connectivity index (χ2n) is 5.20. The van der Waals surface area contributed by atoms with E-state index < -0.39 is 10.0 Å². The SMILES string of the molecule is Cc1cc(S(N)(=O)=O)ccc1C(=O)NCCC1CCCO1. The lowest BCUT2D eigenvalue weighted by Crippen LogP contribution is -2.27. The number of carbonyl (C=O) groups is 1. The van der Waals surface area contributed by atoms with Gasteiger partial charge in [-0.05, 0) is 49.9 Å². The van der Waals surface area contributed by atoms with E-state index in [-0.39, 0.29) is 16.9 Å². The summed E-state index contributed by atoms with van der Waals surface area (Å²) in [5.74, 6) is -0.216. The topological polar surface area (TPSA) is 98.5 Å². The van der Waals surface area contributed by atoms with Crippen LogP contribution in [0.15, 0.2) is 23.1 Å². The van der Waals surface area contributed by atoms with Crippen molar-refractivity contribution in [1.29, 1.82) is 0 Å². The number of sulfonamides is 1. The lowest BCUT2D eigenvalue weighted by atomic mass is 10.1. The van der Waals surface area contributed by atoms with Gasteiger partial charge in [0.25, 0.3) is 5.91 Å². The normalized spacial score (nSPS) is 18.7. The number of ether oxygens (including phenoxy) is 1. The quantitative estimate of drug-likeness (QED) is 0.845. The molecule has 1 unspecified atom stereocenters. The molecule has 1 saturated heterocycles. The number of nitrogens with two attached hydrogens (primary N) is 1. The fraction of sp³-hybridized carbons (Fsp3) is 0.500. The highest BCUT2D eigenvalue weighted by Gasteiger charge is 2.17. The van der Waals surface area contributed by atoms with Crippen LogP contribution in [0, 0.1) is 6.92 Å². The van der Waals surface area contributed by atoms with Gasteiger partial charge in [0.2, 0.25) is 10.0 Å². The lowest BCUT2D eigenvalue weighted by molar-refractivity contribution is 0.0906. The zero-order valence-electron chi connectivity index (χ0n) is 12.0. The first kappa shape index (κ1) is 15.9. The van der Waals surface area contributed by atoms with Gasteiger partial charge in [0.1, 0.15) is 0 Å². The van der Waals surface area contributed by atoms with Crippen LogP contribution >= 0.6 is 0 Å². The summed E-state index contributed by atoms with van der Waals surface area (Å²) in [6.07, 6.45) is 3.14. The van der Waals surface area contributed by atoms with Crippen LogP contribution in [0.1, 0.15) is 35.2 Å². The van der Waals surface area contributed by atoms with E-state index in [0.29, 0.717) is 17.7 Å². The van der Waals surface area contributed by atoms with Gasteiger partial charge in [0, 0.05) is 18.7 Å². The fourth-order valence-electron chi connectivity index (χ4n) is 2.38. The number of hydrogen-bond acceptors (Lipinski definition) is 4. The Labute approximate surface area is 124 Å². The van der Waals surface area contributed by atoms with Crippen LogP contribution in [0.25, 0.3) is 0 Å². The van der Waals surface area contributed by atoms with Crippen molar-refractivity contribution in [2.24, 2.45) is 5.14 Å². The summed E-state index contributed by atoms with van der Waals surface area (Å²) in [6.45, 7) is 3.02. The van der Waals surface area contributed by atoms with E-state index in [4.69, 9.17) is 9.88 Å². The summed E-state index contributed by atoms with van der Waals surface area (Å²) in [5, 5.41) is 7.88. The van der Waals surface area contributed by atoms with Crippen molar-refractivity contribution in [3.8, 4) is 0 Å². The molecule has 1 amide bonds. The van der Waals surface area contributed by atoms with Gasteiger partial charge >= 0.3 is 0 Å². The van der Waals surface area contributed by atoms with Crippen LogP contribution in [0.5, 0.6) is 0 Å². The van der Waals surface area contributed by atoms with E-state index in [1.54, 1.807) is 6.92 Å². The summed E-state index contributed by atoms with van der Waals surface area (Å²) in [4.78, 5) is 12.1. The number of amides is 1. The van der Waals surface area contributed by atoms with Crippen LogP contribution in [-0.2, 0) is 14.8 Å². The van der Waals surface area contributed by atoms with Crippen LogP contribution in [0.3, 0.4) is 0 Å². The molecule has 2 rings (SSSR count). The predicted molar refractivity (Wildman–Crippen MR) is 78.5 cm³/mol. The first-order chi connectivity index (χ1) is 9.88. The molecule has 0 spiro atoms. The zero-order valence-corrected chi connectivity index (χ0v) is 12.8. The Morgan fingerprint density at radius 1 is 1.48 bits per heavy atom. The average Bonchev–Trinajstić information content (AvgIpc) is 2.90. The maximum absolute atomic E-state index is 12.1. The third kappa shape index (κ3) is 4.26. The van der Waals surface area contributed by atoms with Crippen LogP contribution in [0.2, 0.25) is 0 Å². The molecule has 21 heavy (non-hydrogen) atoms. The van der Waals surface area contributed by atoms with Crippen molar-refractivity contribution in [3.63, 3.8) is 0 Å². The molecule has 1 aromatic rings. The second-order valence-corrected chi connectivity index (χ2v) is 6.76. The Morgan fingerprint density at radius 2 is 2.24 bits per heavy atom. The minimum absolute atomic E-state index is 0.0101. The molecule has 1 atom stereocenters. The molecule has 6 nitrogen and oxygen atoms in total. The molecule has 0 bridgehead atoms.